The second kappa shape index (κ2) is 9.85. The molecule has 7 nitrogen and oxygen atoms in total. The number of amides is 2. The third-order valence-electron chi connectivity index (χ3n) is 6.18. The lowest BCUT2D eigenvalue weighted by Crippen LogP contribution is -2.54. The SMILES string of the molecule is O=C(CN1CCN(C(=O)CN(Cc2ccccc2F)C2CC2)CC1)N1CCOCC1. The highest BCUT2D eigenvalue weighted by Crippen LogP contribution is 2.28. The number of halogens is 1. The van der Waals surface area contributed by atoms with Crippen molar-refractivity contribution in [3.8, 4) is 0 Å². The third kappa shape index (κ3) is 5.56. The molecule has 3 fully saturated rings. The molecular formula is C22H31FN4O3. The van der Waals surface area contributed by atoms with Gasteiger partial charge in [-0.1, -0.05) is 18.2 Å². The quantitative estimate of drug-likeness (QED) is 0.656. The van der Waals surface area contributed by atoms with Crippen LogP contribution in [0, 0.1) is 5.82 Å². The molecular weight excluding hydrogens is 387 g/mol. The van der Waals surface area contributed by atoms with Gasteiger partial charge in [-0.15, -0.1) is 0 Å². The Morgan fingerprint density at radius 2 is 1.63 bits per heavy atom. The molecule has 8 heteroatoms. The van der Waals surface area contributed by atoms with Crippen LogP contribution in [0.2, 0.25) is 0 Å². The monoisotopic (exact) mass is 418 g/mol. The first-order valence-corrected chi connectivity index (χ1v) is 10.9. The molecule has 0 unspecified atom stereocenters. The van der Waals surface area contributed by atoms with E-state index in [1.54, 1.807) is 12.1 Å². The fraction of sp³-hybridized carbons (Fsp3) is 0.636. The molecule has 0 bridgehead atoms. The largest absolute Gasteiger partial charge is 0.378 e. The van der Waals surface area contributed by atoms with E-state index < -0.39 is 0 Å². The summed E-state index contributed by atoms with van der Waals surface area (Å²) in [6.07, 6.45) is 2.14. The summed E-state index contributed by atoms with van der Waals surface area (Å²) in [5.41, 5.74) is 0.642. The van der Waals surface area contributed by atoms with Crippen LogP contribution < -0.4 is 0 Å². The van der Waals surface area contributed by atoms with Gasteiger partial charge in [-0.05, 0) is 18.9 Å². The first-order valence-electron chi connectivity index (χ1n) is 10.9. The van der Waals surface area contributed by atoms with Crippen molar-refractivity contribution in [2.75, 3.05) is 65.6 Å². The van der Waals surface area contributed by atoms with E-state index >= 15 is 0 Å². The van der Waals surface area contributed by atoms with E-state index in [0.29, 0.717) is 83.7 Å². The van der Waals surface area contributed by atoms with Gasteiger partial charge in [0.2, 0.25) is 11.8 Å². The summed E-state index contributed by atoms with van der Waals surface area (Å²) >= 11 is 0. The molecule has 3 aliphatic rings. The fourth-order valence-corrected chi connectivity index (χ4v) is 4.13. The Kier molecular flexibility index (Phi) is 6.97. The van der Waals surface area contributed by atoms with Crippen molar-refractivity contribution >= 4 is 11.8 Å². The van der Waals surface area contributed by atoms with E-state index in [1.165, 1.54) is 6.07 Å². The van der Waals surface area contributed by atoms with E-state index in [4.69, 9.17) is 4.74 Å². The van der Waals surface area contributed by atoms with Gasteiger partial charge in [-0.25, -0.2) is 4.39 Å². The number of carbonyl (C=O) groups is 2. The van der Waals surface area contributed by atoms with E-state index in [-0.39, 0.29) is 17.6 Å². The molecule has 2 heterocycles. The van der Waals surface area contributed by atoms with Crippen molar-refractivity contribution in [1.82, 2.24) is 19.6 Å². The molecule has 4 rings (SSSR count). The van der Waals surface area contributed by atoms with Crippen molar-refractivity contribution in [2.45, 2.75) is 25.4 Å². The molecule has 0 N–H and O–H groups in total. The number of ether oxygens (including phenoxy) is 1. The summed E-state index contributed by atoms with van der Waals surface area (Å²) in [6.45, 7) is 6.42. The average molecular weight is 419 g/mol. The van der Waals surface area contributed by atoms with Crippen LogP contribution in [0.15, 0.2) is 24.3 Å². The average Bonchev–Trinajstić information content (AvgIpc) is 3.61. The molecule has 0 aromatic heterocycles. The molecule has 30 heavy (non-hydrogen) atoms. The Labute approximate surface area is 177 Å². The van der Waals surface area contributed by atoms with Gasteiger partial charge < -0.3 is 14.5 Å². The van der Waals surface area contributed by atoms with Crippen LogP contribution in [0.25, 0.3) is 0 Å². The van der Waals surface area contributed by atoms with Crippen molar-refractivity contribution < 1.29 is 18.7 Å². The van der Waals surface area contributed by atoms with Gasteiger partial charge in [0.25, 0.3) is 0 Å². The molecule has 0 radical (unpaired) electrons. The van der Waals surface area contributed by atoms with E-state index in [2.05, 4.69) is 9.80 Å². The zero-order valence-electron chi connectivity index (χ0n) is 17.5. The minimum atomic E-state index is -0.214. The third-order valence-corrected chi connectivity index (χ3v) is 6.18. The molecule has 1 aliphatic carbocycles. The lowest BCUT2D eigenvalue weighted by Gasteiger charge is -2.37. The summed E-state index contributed by atoms with van der Waals surface area (Å²) in [4.78, 5) is 33.3. The number of morpholine rings is 1. The number of hydrogen-bond donors (Lipinski definition) is 0. The van der Waals surface area contributed by atoms with Gasteiger partial charge in [-0.2, -0.15) is 0 Å². The van der Waals surface area contributed by atoms with Crippen molar-refractivity contribution in [3.63, 3.8) is 0 Å². The van der Waals surface area contributed by atoms with Gasteiger partial charge >= 0.3 is 0 Å². The fourth-order valence-electron chi connectivity index (χ4n) is 4.13. The number of carbonyl (C=O) groups excluding carboxylic acids is 2. The zero-order chi connectivity index (χ0) is 20.9. The molecule has 1 aromatic carbocycles. The highest BCUT2D eigenvalue weighted by molar-refractivity contribution is 5.79. The minimum absolute atomic E-state index is 0.0948. The predicted molar refractivity (Wildman–Crippen MR) is 110 cm³/mol. The van der Waals surface area contributed by atoms with Crippen LogP contribution in [0.5, 0.6) is 0 Å². The molecule has 1 saturated carbocycles. The Bertz CT molecular complexity index is 744. The maximum atomic E-state index is 14.0. The summed E-state index contributed by atoms with van der Waals surface area (Å²) in [6, 6.07) is 7.16. The van der Waals surface area contributed by atoms with Crippen LogP contribution >= 0.6 is 0 Å². The first kappa shape index (κ1) is 21.2. The normalized spacial score (nSPS) is 20.6. The first-order chi connectivity index (χ1) is 14.6. The molecule has 0 atom stereocenters. The maximum absolute atomic E-state index is 14.0. The number of rotatable bonds is 7. The molecule has 0 spiro atoms. The van der Waals surface area contributed by atoms with Crippen LogP contribution in [0.1, 0.15) is 18.4 Å². The van der Waals surface area contributed by atoms with Crippen LogP contribution in [0.4, 0.5) is 4.39 Å². The molecule has 1 aromatic rings. The lowest BCUT2D eigenvalue weighted by molar-refractivity contribution is -0.138. The van der Waals surface area contributed by atoms with Crippen LogP contribution in [0.3, 0.4) is 0 Å². The zero-order valence-corrected chi connectivity index (χ0v) is 17.5. The van der Waals surface area contributed by atoms with E-state index in [0.717, 1.165) is 12.8 Å². The Morgan fingerprint density at radius 1 is 0.967 bits per heavy atom. The smallest absolute Gasteiger partial charge is 0.236 e. The summed E-state index contributed by atoms with van der Waals surface area (Å²) in [5.74, 6) is 0.0226. The standard InChI is InChI=1S/C22H31FN4O3/c23-20-4-2-1-3-18(20)15-27(19-5-6-19)17-22(29)25-9-7-24(8-10-25)16-21(28)26-11-13-30-14-12-26/h1-4,19H,5-17H2. The Balaban J connectivity index is 1.24. The van der Waals surface area contributed by atoms with Crippen LogP contribution in [-0.4, -0.2) is 103 Å². The Hall–Kier alpha value is -2.03. The topological polar surface area (TPSA) is 56.3 Å². The molecule has 164 valence electrons. The number of hydrogen-bond acceptors (Lipinski definition) is 5. The number of benzene rings is 1. The second-order valence-electron chi connectivity index (χ2n) is 8.38. The lowest BCUT2D eigenvalue weighted by atomic mass is 10.2. The summed E-state index contributed by atoms with van der Waals surface area (Å²) in [5, 5.41) is 0. The minimum Gasteiger partial charge on any atom is -0.378 e. The van der Waals surface area contributed by atoms with Gasteiger partial charge in [0.15, 0.2) is 0 Å². The van der Waals surface area contributed by atoms with Crippen LogP contribution in [-0.2, 0) is 20.9 Å². The van der Waals surface area contributed by atoms with Gasteiger partial charge in [0, 0.05) is 57.4 Å². The number of nitrogens with zero attached hydrogens (tertiary/aromatic N) is 4. The molecule has 2 aliphatic heterocycles. The second-order valence-corrected chi connectivity index (χ2v) is 8.38. The number of piperazine rings is 1. The van der Waals surface area contributed by atoms with Gasteiger partial charge in [0.1, 0.15) is 5.82 Å². The van der Waals surface area contributed by atoms with E-state index in [1.807, 2.05) is 15.9 Å². The van der Waals surface area contributed by atoms with Gasteiger partial charge in [-0.3, -0.25) is 19.4 Å². The van der Waals surface area contributed by atoms with Crippen molar-refractivity contribution in [2.24, 2.45) is 0 Å². The maximum Gasteiger partial charge on any atom is 0.236 e. The van der Waals surface area contributed by atoms with Gasteiger partial charge in [0.05, 0.1) is 26.3 Å². The summed E-state index contributed by atoms with van der Waals surface area (Å²) in [7, 11) is 0. The van der Waals surface area contributed by atoms with Crippen molar-refractivity contribution in [3.05, 3.63) is 35.6 Å². The van der Waals surface area contributed by atoms with Crippen molar-refractivity contribution in [1.29, 1.82) is 0 Å². The highest BCUT2D eigenvalue weighted by atomic mass is 19.1. The predicted octanol–water partition coefficient (Wildman–Crippen LogP) is 0.793. The Morgan fingerprint density at radius 3 is 2.30 bits per heavy atom. The molecule has 2 saturated heterocycles. The summed E-state index contributed by atoms with van der Waals surface area (Å²) < 4.78 is 19.3. The highest BCUT2D eigenvalue weighted by Gasteiger charge is 2.33. The van der Waals surface area contributed by atoms with E-state index in [9.17, 15) is 14.0 Å². The molecule has 2 amide bonds.